The highest BCUT2D eigenvalue weighted by molar-refractivity contribution is 7.90. The van der Waals surface area contributed by atoms with E-state index in [-0.39, 0.29) is 53.4 Å². The monoisotopic (exact) mass is 1640 g/mol. The SMILES string of the molecule is CCC(C(=O)Nc1nccc2c1CC=C2c1nc(Nc2cccc(S(C)(=O)=O)c2F)ncc1C)N1CC2(CCN(C)CC2)C1.COc1nn(C)cc1Nc1ncc(C)c(C2=CCc3c2ccnc3NC(=O)C(C(C)C)N2CCN(C)CC2)n1.COc1nn(C)cc1Nc1ncc(C)c(C2=CCc3c2ccnc3NC(=O)[C@@H](C)N2CCOCC2)n1. The van der Waals surface area contributed by atoms with Crippen molar-refractivity contribution in [1.29, 1.82) is 0 Å². The summed E-state index contributed by atoms with van der Waals surface area (Å²) in [7, 11) is 7.34. The predicted molar refractivity (Wildman–Crippen MR) is 455 cm³/mol. The van der Waals surface area contributed by atoms with Gasteiger partial charge in [0.1, 0.15) is 33.7 Å². The van der Waals surface area contributed by atoms with Crippen LogP contribution in [0.4, 0.5) is 56.8 Å². The number of morpholine rings is 1. The zero-order valence-electron chi connectivity index (χ0n) is 70.0. The van der Waals surface area contributed by atoms with Crippen molar-refractivity contribution in [3.8, 4) is 11.8 Å². The van der Waals surface area contributed by atoms with Gasteiger partial charge in [-0.3, -0.25) is 38.4 Å². The molecule has 119 heavy (non-hydrogen) atoms. The van der Waals surface area contributed by atoms with Crippen LogP contribution in [-0.2, 0) is 62.3 Å². The van der Waals surface area contributed by atoms with Crippen LogP contribution in [0, 0.1) is 37.9 Å². The average Bonchev–Trinajstić information content (AvgIpc) is 1.74. The molecule has 2 unspecified atom stereocenters. The molecule has 3 aliphatic carbocycles. The highest BCUT2D eigenvalue weighted by atomic mass is 32.2. The second-order valence-electron chi connectivity index (χ2n) is 31.9. The summed E-state index contributed by atoms with van der Waals surface area (Å²) >= 11 is 0. The number of ether oxygens (including phenoxy) is 3. The second kappa shape index (κ2) is 36.0. The van der Waals surface area contributed by atoms with Crippen LogP contribution in [0.25, 0.3) is 16.7 Å². The smallest absolute Gasteiger partial charge is 0.256 e. The van der Waals surface area contributed by atoms with Gasteiger partial charge in [0.2, 0.25) is 35.6 Å². The fraction of sp³-hybridized carbons (Fsp3) is 0.435. The van der Waals surface area contributed by atoms with Crippen molar-refractivity contribution in [1.82, 2.24) is 88.9 Å². The molecular weight excluding hydrogens is 1540 g/mol. The molecule has 0 saturated carbocycles. The van der Waals surface area contributed by atoms with Gasteiger partial charge in [0.25, 0.3) is 11.8 Å². The molecule has 4 fully saturated rings. The van der Waals surface area contributed by atoms with Crippen LogP contribution >= 0.6 is 0 Å². The number of likely N-dealkylation sites (tertiary alicyclic amines) is 2. The van der Waals surface area contributed by atoms with Crippen molar-refractivity contribution in [3.05, 3.63) is 177 Å². The van der Waals surface area contributed by atoms with Gasteiger partial charge in [-0.2, -0.15) is 0 Å². The molecule has 3 amide bonds. The Labute approximate surface area is 692 Å². The number of hydrogen-bond donors (Lipinski definition) is 6. The fourth-order valence-corrected chi connectivity index (χ4v) is 17.3. The number of amides is 3. The third kappa shape index (κ3) is 18.6. The molecule has 16 rings (SSSR count). The first-order valence-electron chi connectivity index (χ1n) is 40.3. The van der Waals surface area contributed by atoms with E-state index in [9.17, 15) is 27.2 Å². The maximum absolute atomic E-state index is 15.0. The molecule has 0 bridgehead atoms. The summed E-state index contributed by atoms with van der Waals surface area (Å²) in [6.07, 6.45) is 26.3. The lowest BCUT2D eigenvalue weighted by atomic mass is 9.71. The molecule has 7 aliphatic rings. The van der Waals surface area contributed by atoms with Gasteiger partial charge in [-0.15, -0.1) is 10.2 Å². The first-order valence-corrected chi connectivity index (χ1v) is 42.2. The normalized spacial score (nSPS) is 17.3. The lowest BCUT2D eigenvalue weighted by Gasteiger charge is -2.55. The third-order valence-electron chi connectivity index (χ3n) is 23.1. The number of carbonyl (C=O) groups is 3. The zero-order chi connectivity index (χ0) is 84.1. The number of methoxy groups -OCH3 is 2. The molecule has 6 N–H and O–H groups in total. The molecular formula is C85H105FN24O8S. The Bertz CT molecular complexity index is 5510. The maximum Gasteiger partial charge on any atom is 0.256 e. The maximum atomic E-state index is 15.0. The quantitative estimate of drug-likeness (QED) is 0.0347. The molecule has 4 saturated heterocycles. The lowest BCUT2D eigenvalue weighted by Crippen LogP contribution is -2.64. The van der Waals surface area contributed by atoms with E-state index in [1.807, 2.05) is 78.5 Å². The van der Waals surface area contributed by atoms with Gasteiger partial charge in [0, 0.05) is 143 Å². The molecule has 9 aromatic rings. The second-order valence-corrected chi connectivity index (χ2v) is 33.9. The minimum atomic E-state index is -3.75. The Morgan fingerprint density at radius 2 is 0.975 bits per heavy atom. The number of carbonyl (C=O) groups excluding carboxylic acids is 3. The standard InChI is InChI=1S/C32H38FN7O3S.C28H37N9O2.C25H30N8O3/c1-5-25(40-18-32(19-40)12-15-39(3)16-13-32)30(41)38-29-23-10-9-22(21(23)11-14-34-29)28-20(2)17-35-31(37-28)36-24-7-6-8-26(27(24)33)44(4,42)43;1-17(2)24(37-13-11-35(4)12-14-37)26(38)33-25-21-8-7-20(19(21)9-10-29-25)23-18(3)15-30-28(32-23)31-22-16-36(5)34-27(22)39-6;1-15-13-27-25(28-20-14-32(3)31-24(20)35-4)29-21(15)18-5-6-19-17(18)7-8-26-22(19)30-23(34)16(2)33-9-11-36-12-10-33/h6-9,11,14,17,25H,5,10,12-13,15-16,18-19H2,1-4H3,(H,34,38,41)(H,35,36,37);7,9-10,15-17,24H,8,11-14H2,1-6H3,(H,29,33,38)(H,30,31,32);5,7-8,13-14,16H,6,9-12H2,1-4H3,(H,26,30,34)(H,27,28,29)/t;;16-/m..1/s1. The van der Waals surface area contributed by atoms with Crippen LogP contribution < -0.4 is 41.4 Å². The van der Waals surface area contributed by atoms with Gasteiger partial charge in [-0.1, -0.05) is 45.1 Å². The summed E-state index contributed by atoms with van der Waals surface area (Å²) in [4.78, 5) is 92.2. The Morgan fingerprint density at radius 1 is 0.546 bits per heavy atom. The average molecular weight is 1640 g/mol. The number of anilines is 9. The minimum absolute atomic E-state index is 0.000904. The van der Waals surface area contributed by atoms with E-state index in [1.165, 1.54) is 31.0 Å². The molecule has 0 radical (unpaired) electrons. The first kappa shape index (κ1) is 84.1. The number of nitrogens with zero attached hydrogens (tertiary/aromatic N) is 18. The van der Waals surface area contributed by atoms with Crippen LogP contribution in [0.2, 0.25) is 0 Å². The van der Waals surface area contributed by atoms with Gasteiger partial charge in [-0.25, -0.2) is 57.7 Å². The number of aryl methyl sites for hydroxylation is 5. The Kier molecular flexibility index (Phi) is 25.5. The number of likely N-dealkylation sites (N-methyl/N-ethyl adjacent to an activating group) is 1. The number of allylic oxidation sites excluding steroid dienone is 3. The third-order valence-corrected chi connectivity index (χ3v) is 24.2. The summed E-state index contributed by atoms with van der Waals surface area (Å²) in [6, 6.07) is 9.32. The molecule has 8 aromatic heterocycles. The largest absolute Gasteiger partial charge is 0.478 e. The molecule has 34 heteroatoms. The van der Waals surface area contributed by atoms with Gasteiger partial charge >= 0.3 is 0 Å². The molecule has 32 nitrogen and oxygen atoms in total. The van der Waals surface area contributed by atoms with E-state index in [4.69, 9.17) is 24.2 Å². The Hall–Kier alpha value is -11.4. The first-order chi connectivity index (χ1) is 57.2. The lowest BCUT2D eigenvalue weighted by molar-refractivity contribution is -0.130. The van der Waals surface area contributed by atoms with Gasteiger partial charge in [0.15, 0.2) is 15.7 Å². The Balaban J connectivity index is 0.000000147. The summed E-state index contributed by atoms with van der Waals surface area (Å²) in [5, 5.41) is 27.1. The molecule has 4 aliphatic heterocycles. The molecule has 1 spiro atoms. The molecule has 626 valence electrons. The number of benzene rings is 1. The number of sulfone groups is 1. The fourth-order valence-electron chi connectivity index (χ4n) is 16.6. The highest BCUT2D eigenvalue weighted by Gasteiger charge is 2.48. The number of piperazine rings is 1. The van der Waals surface area contributed by atoms with Gasteiger partial charge < -0.3 is 55.9 Å². The van der Waals surface area contributed by atoms with E-state index >= 15 is 0 Å². The van der Waals surface area contributed by atoms with Gasteiger partial charge in [-0.05, 0) is 168 Å². The van der Waals surface area contributed by atoms with Crippen LogP contribution in [0.5, 0.6) is 11.8 Å². The van der Waals surface area contributed by atoms with E-state index in [1.54, 1.807) is 60.8 Å². The Morgan fingerprint density at radius 3 is 1.40 bits per heavy atom. The van der Waals surface area contributed by atoms with Crippen LogP contribution in [-0.4, -0.2) is 246 Å². The van der Waals surface area contributed by atoms with Crippen molar-refractivity contribution >= 4 is 96.6 Å². The van der Waals surface area contributed by atoms with E-state index in [0.29, 0.717) is 96.1 Å². The number of pyridine rings is 3. The number of piperidine rings is 1. The number of rotatable bonds is 23. The summed E-state index contributed by atoms with van der Waals surface area (Å²) in [6.45, 7) is 24.7. The minimum Gasteiger partial charge on any atom is -0.478 e. The summed E-state index contributed by atoms with van der Waals surface area (Å²) in [5.41, 5.74) is 15.4. The number of nitrogens with one attached hydrogen (secondary N) is 6. The van der Waals surface area contributed by atoms with Crippen molar-refractivity contribution in [2.45, 2.75) is 110 Å². The van der Waals surface area contributed by atoms with Crippen molar-refractivity contribution in [2.75, 3.05) is 145 Å². The topological polar surface area (TPSA) is 353 Å². The van der Waals surface area contributed by atoms with Crippen LogP contribution in [0.3, 0.4) is 0 Å². The summed E-state index contributed by atoms with van der Waals surface area (Å²) in [5.74, 6) is 2.92. The molecule has 3 atom stereocenters. The van der Waals surface area contributed by atoms with E-state index < -0.39 is 20.5 Å². The van der Waals surface area contributed by atoms with Gasteiger partial charge in [0.05, 0.1) is 80.7 Å². The van der Waals surface area contributed by atoms with Crippen LogP contribution in [0.1, 0.15) is 114 Å². The molecule has 1 aromatic carbocycles. The summed E-state index contributed by atoms with van der Waals surface area (Å²) < 4.78 is 58.4. The van der Waals surface area contributed by atoms with E-state index in [0.717, 1.165) is 156 Å². The number of fused-ring (bicyclic) bond motifs is 3. The van der Waals surface area contributed by atoms with Crippen molar-refractivity contribution < 1.29 is 41.4 Å². The van der Waals surface area contributed by atoms with Crippen molar-refractivity contribution in [3.63, 3.8) is 0 Å². The molecule has 12 heterocycles. The van der Waals surface area contributed by atoms with E-state index in [2.05, 4.69) is 149 Å². The zero-order valence-corrected chi connectivity index (χ0v) is 70.8. The number of aromatic nitrogens is 13. The van der Waals surface area contributed by atoms with Crippen LogP contribution in [0.15, 0.2) is 109 Å². The van der Waals surface area contributed by atoms with Crippen molar-refractivity contribution in [2.24, 2.45) is 25.4 Å². The number of hydrogen-bond acceptors (Lipinski definition) is 27. The highest BCUT2D eigenvalue weighted by Crippen LogP contribution is 2.44. The number of halogens is 1. The predicted octanol–water partition coefficient (Wildman–Crippen LogP) is 9.38.